The second kappa shape index (κ2) is 14.2. The molecule has 256 valence electrons. The Morgan fingerprint density at radius 2 is 1.81 bits per heavy atom. The fourth-order valence-electron chi connectivity index (χ4n) is 6.11. The molecule has 17 heteroatoms. The van der Waals surface area contributed by atoms with E-state index in [1.165, 1.54) is 30.1 Å². The molecule has 3 aromatic rings. The van der Waals surface area contributed by atoms with E-state index in [1.54, 1.807) is 25.1 Å². The number of benzene rings is 1. The number of hydrogen-bond donors (Lipinski definition) is 2. The van der Waals surface area contributed by atoms with E-state index in [2.05, 4.69) is 15.2 Å². The molecule has 1 aromatic carbocycles. The minimum Gasteiger partial charge on any atom is -0.465 e. The van der Waals surface area contributed by atoms with Gasteiger partial charge in [-0.3, -0.25) is 18.9 Å². The van der Waals surface area contributed by atoms with Crippen molar-refractivity contribution in [3.05, 3.63) is 54.0 Å². The topological polar surface area (TPSA) is 216 Å². The number of fused-ring (bicyclic) bond motifs is 1. The van der Waals surface area contributed by atoms with E-state index in [0.29, 0.717) is 5.52 Å². The first-order valence-corrected chi connectivity index (χ1v) is 16.9. The molecule has 2 heterocycles. The second-order valence-electron chi connectivity index (χ2n) is 11.8. The van der Waals surface area contributed by atoms with Gasteiger partial charge in [0, 0.05) is 13.8 Å². The number of nitrogens with zero attached hydrogens (tertiary/aromatic N) is 4. The molecule has 1 unspecified atom stereocenters. The highest BCUT2D eigenvalue weighted by Gasteiger charge is 2.57. The van der Waals surface area contributed by atoms with Gasteiger partial charge >= 0.3 is 25.7 Å². The lowest BCUT2D eigenvalue weighted by Gasteiger charge is -2.62. The van der Waals surface area contributed by atoms with Gasteiger partial charge in [0.25, 0.3) is 6.26 Å². The summed E-state index contributed by atoms with van der Waals surface area (Å²) in [5.74, 6) is -1.23. The molecule has 2 aromatic heterocycles. The van der Waals surface area contributed by atoms with Crippen LogP contribution in [0.15, 0.2) is 42.7 Å². The number of anilines is 1. The van der Waals surface area contributed by atoms with Crippen LogP contribution in [0.3, 0.4) is 0 Å². The number of carbonyl (C=O) groups is 3. The van der Waals surface area contributed by atoms with Crippen LogP contribution >= 0.6 is 7.75 Å². The first-order chi connectivity index (χ1) is 22.9. The molecule has 3 aliphatic rings. The standard InChI is InChI=1S/C31H37N6O10P/c1-5-42-30(40)18(2)36-48(41,47-23-8-6-22(7-9-23)31-12-21(13-31)14-31)44-15-26(43-16-32)28(46-20(4)39)27(45-19(3)38)24-10-11-25-29(33)34-17-35-37(24)25/h6-11,17-18,21,26-28H,5,12-15H2,1-4H3,(H,36,41)(H2,33,34,35)/t18-,21?,26+,27-,28+,31?,48?/m0/s1. The SMILES string of the molecule is CCOC(=O)[C@H](C)NP(=O)(OC[C@@H](OC#N)[C@@H](OC(C)=O)[C@@H](OC(C)=O)c1ccc2c(N)ncnn12)Oc1ccc(C23CC(C2)C3)cc1. The fraction of sp³-hybridized carbons (Fsp3) is 0.484. The minimum atomic E-state index is -4.46. The van der Waals surface area contributed by atoms with Crippen LogP contribution in [0.4, 0.5) is 5.82 Å². The van der Waals surface area contributed by atoms with Gasteiger partial charge < -0.3 is 29.2 Å². The molecular formula is C31H37N6O10P. The van der Waals surface area contributed by atoms with Crippen LogP contribution in [0.2, 0.25) is 0 Å². The lowest BCUT2D eigenvalue weighted by Crippen LogP contribution is -2.55. The molecule has 0 radical (unpaired) electrons. The normalized spacial score (nSPS) is 21.5. The van der Waals surface area contributed by atoms with Crippen LogP contribution < -0.4 is 15.3 Å². The summed E-state index contributed by atoms with van der Waals surface area (Å²) in [5.41, 5.74) is 7.87. The number of hydrogen-bond acceptors (Lipinski definition) is 14. The molecule has 3 fully saturated rings. The summed E-state index contributed by atoms with van der Waals surface area (Å²) in [5, 5.41) is 16.3. The van der Waals surface area contributed by atoms with Crippen LogP contribution in [0.5, 0.6) is 5.75 Å². The predicted molar refractivity (Wildman–Crippen MR) is 167 cm³/mol. The highest BCUT2D eigenvalue weighted by atomic mass is 31.2. The van der Waals surface area contributed by atoms with E-state index in [0.717, 1.165) is 44.6 Å². The van der Waals surface area contributed by atoms with E-state index in [4.69, 9.17) is 33.7 Å². The smallest absolute Gasteiger partial charge is 0.459 e. The zero-order chi connectivity index (χ0) is 34.6. The Morgan fingerprint density at radius 1 is 1.12 bits per heavy atom. The van der Waals surface area contributed by atoms with Crippen molar-refractivity contribution in [2.45, 2.75) is 76.7 Å². The average molecular weight is 685 g/mol. The summed E-state index contributed by atoms with van der Waals surface area (Å²) in [7, 11) is -4.46. The molecule has 5 atom stereocenters. The molecule has 0 saturated heterocycles. The Balaban J connectivity index is 1.44. The number of esters is 3. The van der Waals surface area contributed by atoms with Crippen molar-refractivity contribution < 1.29 is 46.9 Å². The van der Waals surface area contributed by atoms with Crippen LogP contribution in [-0.2, 0) is 47.8 Å². The summed E-state index contributed by atoms with van der Waals surface area (Å²) >= 11 is 0. The Bertz CT molecular complexity index is 1740. The monoisotopic (exact) mass is 684 g/mol. The molecule has 3 saturated carbocycles. The highest BCUT2D eigenvalue weighted by Crippen LogP contribution is 2.65. The number of rotatable bonds is 16. The third-order valence-corrected chi connectivity index (χ3v) is 10.0. The predicted octanol–water partition coefficient (Wildman–Crippen LogP) is 3.51. The summed E-state index contributed by atoms with van der Waals surface area (Å²) in [6.07, 6.45) is 1.62. The zero-order valence-electron chi connectivity index (χ0n) is 26.9. The molecule has 0 aliphatic heterocycles. The largest absolute Gasteiger partial charge is 0.465 e. The first-order valence-electron chi connectivity index (χ1n) is 15.3. The Morgan fingerprint density at radius 3 is 2.40 bits per heavy atom. The Hall–Kier alpha value is -4.71. The van der Waals surface area contributed by atoms with E-state index in [-0.39, 0.29) is 29.3 Å². The maximum Gasteiger partial charge on any atom is 0.459 e. The van der Waals surface area contributed by atoms with Crippen LogP contribution in [0.1, 0.15) is 64.3 Å². The van der Waals surface area contributed by atoms with E-state index >= 15 is 0 Å². The zero-order valence-corrected chi connectivity index (χ0v) is 27.8. The molecule has 0 amide bonds. The Labute approximate surface area is 276 Å². The second-order valence-corrected chi connectivity index (χ2v) is 13.5. The number of nitrogens with one attached hydrogen (secondary N) is 1. The quantitative estimate of drug-likeness (QED) is 0.0955. The molecule has 0 spiro atoms. The van der Waals surface area contributed by atoms with Gasteiger partial charge in [0.2, 0.25) is 0 Å². The number of nitriles is 1. The Kier molecular flexibility index (Phi) is 10.2. The van der Waals surface area contributed by atoms with Crippen LogP contribution in [0, 0.1) is 17.4 Å². The van der Waals surface area contributed by atoms with Gasteiger partial charge in [-0.15, -0.1) is 0 Å². The van der Waals surface area contributed by atoms with Crippen molar-refractivity contribution in [1.82, 2.24) is 19.7 Å². The number of aromatic nitrogens is 3. The van der Waals surface area contributed by atoms with Gasteiger partial charge in [-0.25, -0.2) is 14.1 Å². The maximum atomic E-state index is 14.3. The molecule has 3 N–H and O–H groups in total. The molecule has 3 aliphatic carbocycles. The lowest BCUT2D eigenvalue weighted by atomic mass is 9.42. The summed E-state index contributed by atoms with van der Waals surface area (Å²) in [6.45, 7) is 4.63. The van der Waals surface area contributed by atoms with Gasteiger partial charge in [-0.05, 0) is 74.3 Å². The average Bonchev–Trinajstić information content (AvgIpc) is 3.42. The van der Waals surface area contributed by atoms with Crippen molar-refractivity contribution in [3.8, 4) is 12.0 Å². The number of ether oxygens (including phenoxy) is 4. The third-order valence-electron chi connectivity index (χ3n) is 8.40. The van der Waals surface area contributed by atoms with Crippen LogP contribution in [-0.4, -0.2) is 64.0 Å². The highest BCUT2D eigenvalue weighted by molar-refractivity contribution is 7.52. The van der Waals surface area contributed by atoms with Gasteiger partial charge in [0.1, 0.15) is 30.2 Å². The van der Waals surface area contributed by atoms with Gasteiger partial charge in [0.15, 0.2) is 24.1 Å². The number of nitrogen functional groups attached to an aromatic ring is 1. The summed E-state index contributed by atoms with van der Waals surface area (Å²) < 4.78 is 48.6. The van der Waals surface area contributed by atoms with Crippen molar-refractivity contribution in [3.63, 3.8) is 0 Å². The van der Waals surface area contributed by atoms with Gasteiger partial charge in [0.05, 0.1) is 12.3 Å². The van der Waals surface area contributed by atoms with Crippen molar-refractivity contribution >= 4 is 37.0 Å². The molecular weight excluding hydrogens is 647 g/mol. The number of nitrogens with two attached hydrogens (primary N) is 1. The molecule has 16 nitrogen and oxygen atoms in total. The van der Waals surface area contributed by atoms with Crippen molar-refractivity contribution in [2.75, 3.05) is 18.9 Å². The number of carbonyl (C=O) groups excluding carboxylic acids is 3. The summed E-state index contributed by atoms with van der Waals surface area (Å²) in [4.78, 5) is 41.1. The molecule has 48 heavy (non-hydrogen) atoms. The molecule has 6 rings (SSSR count). The van der Waals surface area contributed by atoms with E-state index in [9.17, 15) is 24.2 Å². The van der Waals surface area contributed by atoms with Crippen LogP contribution in [0.25, 0.3) is 5.52 Å². The van der Waals surface area contributed by atoms with E-state index in [1.807, 2.05) is 12.1 Å². The summed E-state index contributed by atoms with van der Waals surface area (Å²) in [6, 6.07) is 9.06. The molecule has 2 bridgehead atoms. The van der Waals surface area contributed by atoms with Crippen molar-refractivity contribution in [2.24, 2.45) is 5.92 Å². The minimum absolute atomic E-state index is 0.0750. The van der Waals surface area contributed by atoms with Gasteiger partial charge in [-0.1, -0.05) is 12.1 Å². The third kappa shape index (κ3) is 7.38. The fourth-order valence-corrected chi connectivity index (χ4v) is 7.61. The lowest BCUT2D eigenvalue weighted by molar-refractivity contribution is -0.177. The first kappa shape index (κ1) is 34.6. The maximum absolute atomic E-state index is 14.3. The van der Waals surface area contributed by atoms with E-state index < -0.39 is 56.6 Å². The van der Waals surface area contributed by atoms with Gasteiger partial charge in [-0.2, -0.15) is 15.4 Å². The van der Waals surface area contributed by atoms with Crippen molar-refractivity contribution in [1.29, 1.82) is 5.26 Å².